The highest BCUT2D eigenvalue weighted by Gasteiger charge is 2.30. The van der Waals surface area contributed by atoms with Crippen LogP contribution in [0.15, 0.2) is 47.4 Å². The number of hydrogen-bond acceptors (Lipinski definition) is 3. The molecule has 104 valence electrons. The monoisotopic (exact) mass is 288 g/mol. The summed E-state index contributed by atoms with van der Waals surface area (Å²) in [6.07, 6.45) is -0.434. The Morgan fingerprint density at radius 2 is 1.65 bits per heavy atom. The van der Waals surface area contributed by atoms with Gasteiger partial charge in [-0.2, -0.15) is 4.72 Å². The van der Waals surface area contributed by atoms with E-state index in [1.165, 1.54) is 0 Å². The third-order valence-corrected chi connectivity index (χ3v) is 5.05. The predicted molar refractivity (Wildman–Crippen MR) is 79.0 cm³/mol. The van der Waals surface area contributed by atoms with Crippen molar-refractivity contribution in [2.75, 3.05) is 5.32 Å². The van der Waals surface area contributed by atoms with E-state index in [1.807, 2.05) is 50.2 Å². The molecule has 2 aromatic rings. The second-order valence-electron chi connectivity index (χ2n) is 5.04. The van der Waals surface area contributed by atoms with E-state index in [0.717, 1.165) is 16.7 Å². The van der Waals surface area contributed by atoms with Crippen molar-refractivity contribution >= 4 is 15.7 Å². The van der Waals surface area contributed by atoms with Crippen LogP contribution in [0.3, 0.4) is 0 Å². The molecular weight excluding hydrogens is 272 g/mol. The van der Waals surface area contributed by atoms with Gasteiger partial charge in [0.25, 0.3) is 0 Å². The van der Waals surface area contributed by atoms with Gasteiger partial charge in [-0.05, 0) is 42.7 Å². The van der Waals surface area contributed by atoms with E-state index < -0.39 is 16.2 Å². The molecule has 1 atom stereocenters. The van der Waals surface area contributed by atoms with Gasteiger partial charge in [0.05, 0.1) is 5.69 Å². The normalized spacial score (nSPS) is 20.0. The van der Waals surface area contributed by atoms with Gasteiger partial charge >= 0.3 is 0 Å². The van der Waals surface area contributed by atoms with Crippen molar-refractivity contribution in [3.63, 3.8) is 0 Å². The Morgan fingerprint density at radius 1 is 1.00 bits per heavy atom. The zero-order valence-electron chi connectivity index (χ0n) is 11.3. The molecule has 0 spiro atoms. The largest absolute Gasteiger partial charge is 0.364 e. The second-order valence-corrected chi connectivity index (χ2v) is 6.72. The summed E-state index contributed by atoms with van der Waals surface area (Å²) in [6.45, 7) is 3.89. The zero-order valence-corrected chi connectivity index (χ0v) is 12.2. The summed E-state index contributed by atoms with van der Waals surface area (Å²) in [5, 5.41) is 3.25. The van der Waals surface area contributed by atoms with Gasteiger partial charge in [0.1, 0.15) is 11.1 Å². The summed E-state index contributed by atoms with van der Waals surface area (Å²) in [6, 6.07) is 13.1. The molecule has 2 aromatic carbocycles. The first kappa shape index (κ1) is 13.1. The maximum absolute atomic E-state index is 12.4. The van der Waals surface area contributed by atoms with Crippen LogP contribution < -0.4 is 10.0 Å². The lowest BCUT2D eigenvalue weighted by molar-refractivity contribution is 0.562. The highest BCUT2D eigenvalue weighted by atomic mass is 32.2. The molecule has 3 rings (SSSR count). The van der Waals surface area contributed by atoms with Crippen LogP contribution in [0.4, 0.5) is 5.69 Å². The molecule has 0 amide bonds. The summed E-state index contributed by atoms with van der Waals surface area (Å²) in [5.41, 5.74) is 3.58. The van der Waals surface area contributed by atoms with E-state index >= 15 is 0 Å². The first-order chi connectivity index (χ1) is 9.47. The molecule has 20 heavy (non-hydrogen) atoms. The van der Waals surface area contributed by atoms with Crippen molar-refractivity contribution in [3.8, 4) is 0 Å². The fourth-order valence-corrected chi connectivity index (χ4v) is 3.70. The minimum atomic E-state index is -3.49. The van der Waals surface area contributed by atoms with Crippen LogP contribution >= 0.6 is 0 Å². The molecule has 1 heterocycles. The molecule has 0 aliphatic carbocycles. The van der Waals surface area contributed by atoms with E-state index in [-0.39, 0.29) is 0 Å². The highest BCUT2D eigenvalue weighted by molar-refractivity contribution is 7.89. The molecule has 1 aliphatic rings. The standard InChI is InChI=1S/C15H16N2O2S/c1-10-8-13-14(9-11(10)2)20(18,19)17-15(16-13)12-6-4-3-5-7-12/h3-9,15-17H,1-2H3. The number of rotatable bonds is 1. The SMILES string of the molecule is Cc1cc2c(cc1C)S(=O)(=O)NC(c1ccccc1)N2. The van der Waals surface area contributed by atoms with E-state index in [0.29, 0.717) is 10.6 Å². The fraction of sp³-hybridized carbons (Fsp3) is 0.200. The third kappa shape index (κ3) is 2.19. The molecule has 0 aromatic heterocycles. The number of hydrogen-bond donors (Lipinski definition) is 2. The first-order valence-corrected chi connectivity index (χ1v) is 7.91. The molecule has 1 aliphatic heterocycles. The fourth-order valence-electron chi connectivity index (χ4n) is 2.33. The molecule has 0 radical (unpaired) electrons. The lowest BCUT2D eigenvalue weighted by Gasteiger charge is -2.29. The molecule has 1 unspecified atom stereocenters. The Kier molecular flexibility index (Phi) is 3.03. The predicted octanol–water partition coefficient (Wildman–Crippen LogP) is 2.71. The van der Waals surface area contributed by atoms with Gasteiger partial charge in [0.15, 0.2) is 0 Å². The number of aryl methyl sites for hydroxylation is 2. The van der Waals surface area contributed by atoms with Gasteiger partial charge in [-0.25, -0.2) is 8.42 Å². The maximum Gasteiger partial charge on any atom is 0.244 e. The van der Waals surface area contributed by atoms with Gasteiger partial charge in [-0.15, -0.1) is 0 Å². The Bertz CT molecular complexity index is 755. The van der Waals surface area contributed by atoms with E-state index in [1.54, 1.807) is 6.07 Å². The van der Waals surface area contributed by atoms with Crippen LogP contribution in [-0.2, 0) is 10.0 Å². The van der Waals surface area contributed by atoms with Crippen LogP contribution in [-0.4, -0.2) is 8.42 Å². The van der Waals surface area contributed by atoms with Crippen LogP contribution in [0, 0.1) is 13.8 Å². The highest BCUT2D eigenvalue weighted by Crippen LogP contribution is 2.32. The minimum absolute atomic E-state index is 0.313. The Labute approximate surface area is 118 Å². The average molecular weight is 288 g/mol. The summed E-state index contributed by atoms with van der Waals surface area (Å²) >= 11 is 0. The van der Waals surface area contributed by atoms with Gasteiger partial charge in [0, 0.05) is 0 Å². The van der Waals surface area contributed by atoms with Crippen LogP contribution in [0.25, 0.3) is 0 Å². The Hall–Kier alpha value is -1.85. The zero-order chi connectivity index (χ0) is 14.3. The summed E-state index contributed by atoms with van der Waals surface area (Å²) < 4.78 is 27.4. The molecule has 2 N–H and O–H groups in total. The van der Waals surface area contributed by atoms with Crippen molar-refractivity contribution in [2.45, 2.75) is 24.9 Å². The smallest absolute Gasteiger partial charge is 0.244 e. The van der Waals surface area contributed by atoms with E-state index in [2.05, 4.69) is 10.0 Å². The Morgan fingerprint density at radius 3 is 2.35 bits per heavy atom. The topological polar surface area (TPSA) is 58.2 Å². The van der Waals surface area contributed by atoms with E-state index in [4.69, 9.17) is 0 Å². The van der Waals surface area contributed by atoms with Crippen LogP contribution in [0.1, 0.15) is 22.9 Å². The van der Waals surface area contributed by atoms with Crippen molar-refractivity contribution in [1.82, 2.24) is 4.72 Å². The quantitative estimate of drug-likeness (QED) is 0.848. The van der Waals surface area contributed by atoms with Crippen LogP contribution in [0.2, 0.25) is 0 Å². The van der Waals surface area contributed by atoms with Crippen molar-refractivity contribution in [3.05, 3.63) is 59.2 Å². The molecule has 4 nitrogen and oxygen atoms in total. The molecule has 0 saturated carbocycles. The summed E-state index contributed by atoms with van der Waals surface area (Å²) in [7, 11) is -3.49. The molecular formula is C15H16N2O2S. The summed E-state index contributed by atoms with van der Waals surface area (Å²) in [5.74, 6) is 0. The third-order valence-electron chi connectivity index (χ3n) is 3.59. The minimum Gasteiger partial charge on any atom is -0.364 e. The molecule has 5 heteroatoms. The van der Waals surface area contributed by atoms with E-state index in [9.17, 15) is 8.42 Å². The number of anilines is 1. The molecule has 0 bridgehead atoms. The van der Waals surface area contributed by atoms with Gasteiger partial charge < -0.3 is 5.32 Å². The lowest BCUT2D eigenvalue weighted by atomic mass is 10.1. The van der Waals surface area contributed by atoms with Gasteiger partial charge in [0.2, 0.25) is 10.0 Å². The van der Waals surface area contributed by atoms with Gasteiger partial charge in [-0.1, -0.05) is 30.3 Å². The first-order valence-electron chi connectivity index (χ1n) is 6.42. The van der Waals surface area contributed by atoms with Crippen molar-refractivity contribution < 1.29 is 8.42 Å². The number of fused-ring (bicyclic) bond motifs is 1. The average Bonchev–Trinajstić information content (AvgIpc) is 2.41. The second kappa shape index (κ2) is 4.61. The Balaban J connectivity index is 2.10. The van der Waals surface area contributed by atoms with Crippen molar-refractivity contribution in [2.24, 2.45) is 0 Å². The summed E-state index contributed by atoms with van der Waals surface area (Å²) in [4.78, 5) is 0.313. The van der Waals surface area contributed by atoms with Gasteiger partial charge in [-0.3, -0.25) is 0 Å². The van der Waals surface area contributed by atoms with Crippen LogP contribution in [0.5, 0.6) is 0 Å². The van der Waals surface area contributed by atoms with Crippen molar-refractivity contribution in [1.29, 1.82) is 0 Å². The number of benzene rings is 2. The maximum atomic E-state index is 12.4. The molecule has 0 fully saturated rings. The molecule has 0 saturated heterocycles. The lowest BCUT2D eigenvalue weighted by Crippen LogP contribution is -2.38. The number of sulfonamides is 1. The number of nitrogens with one attached hydrogen (secondary N) is 2.